The average Bonchev–Trinajstić information content (AvgIpc) is 2.34. The van der Waals surface area contributed by atoms with Gasteiger partial charge in [0.25, 0.3) is 0 Å². The molecule has 104 valence electrons. The van der Waals surface area contributed by atoms with E-state index >= 15 is 0 Å². The lowest BCUT2D eigenvalue weighted by Crippen LogP contribution is -2.20. The van der Waals surface area contributed by atoms with Gasteiger partial charge in [0, 0.05) is 19.8 Å². The van der Waals surface area contributed by atoms with E-state index in [1.165, 1.54) is 25.7 Å². The number of ether oxygens (including phenoxy) is 2. The molecule has 0 amide bonds. The van der Waals surface area contributed by atoms with E-state index < -0.39 is 0 Å². The molecule has 3 nitrogen and oxygen atoms in total. The summed E-state index contributed by atoms with van der Waals surface area (Å²) in [5.41, 5.74) is 0. The lowest BCUT2D eigenvalue weighted by atomic mass is 10.0. The molecule has 0 aromatic carbocycles. The van der Waals surface area contributed by atoms with Gasteiger partial charge in [-0.1, -0.05) is 33.1 Å². The largest absolute Gasteiger partial charge is 0.396 e. The molecule has 0 saturated heterocycles. The predicted octanol–water partition coefficient (Wildman–Crippen LogP) is 3.01. The van der Waals surface area contributed by atoms with Crippen LogP contribution in [0.1, 0.15) is 52.9 Å². The summed E-state index contributed by atoms with van der Waals surface area (Å²) in [6, 6.07) is 0. The number of aliphatic hydroxyl groups excluding tert-OH is 1. The van der Waals surface area contributed by atoms with Crippen LogP contribution in [-0.4, -0.2) is 37.6 Å². The maximum absolute atomic E-state index is 8.63. The molecule has 0 aliphatic carbocycles. The Kier molecular flexibility index (Phi) is 12.3. The topological polar surface area (TPSA) is 38.7 Å². The van der Waals surface area contributed by atoms with E-state index in [2.05, 4.69) is 13.8 Å². The summed E-state index contributed by atoms with van der Waals surface area (Å²) in [5.74, 6) is 0.694. The lowest BCUT2D eigenvalue weighted by Gasteiger charge is -2.17. The molecule has 2 atom stereocenters. The van der Waals surface area contributed by atoms with Crippen LogP contribution in [0.15, 0.2) is 0 Å². The average molecular weight is 246 g/mol. The zero-order chi connectivity index (χ0) is 12.9. The Bertz CT molecular complexity index is 150. The Morgan fingerprint density at radius 1 is 1.12 bits per heavy atom. The van der Waals surface area contributed by atoms with Gasteiger partial charge in [-0.3, -0.25) is 0 Å². The van der Waals surface area contributed by atoms with Crippen molar-refractivity contribution >= 4 is 0 Å². The van der Waals surface area contributed by atoms with Gasteiger partial charge in [0.1, 0.15) is 0 Å². The van der Waals surface area contributed by atoms with Crippen molar-refractivity contribution in [2.75, 3.05) is 26.4 Å². The standard InChI is InChI=1S/C14H30O3/c1-4-6-8-14(5-2)12-16-11-13(3)17-10-7-9-15/h13-15H,4-12H2,1-3H3/t13-,14+/m0/s1. The van der Waals surface area contributed by atoms with E-state index in [4.69, 9.17) is 14.6 Å². The summed E-state index contributed by atoms with van der Waals surface area (Å²) >= 11 is 0. The minimum absolute atomic E-state index is 0.130. The highest BCUT2D eigenvalue weighted by Gasteiger charge is 2.08. The molecule has 0 spiro atoms. The quantitative estimate of drug-likeness (QED) is 0.538. The predicted molar refractivity (Wildman–Crippen MR) is 71.2 cm³/mol. The number of rotatable bonds is 12. The number of unbranched alkanes of at least 4 members (excludes halogenated alkanes) is 1. The summed E-state index contributed by atoms with van der Waals surface area (Å²) in [7, 11) is 0. The van der Waals surface area contributed by atoms with Crippen LogP contribution in [0, 0.1) is 5.92 Å². The van der Waals surface area contributed by atoms with Crippen molar-refractivity contribution in [2.24, 2.45) is 5.92 Å². The Balaban J connectivity index is 3.45. The minimum Gasteiger partial charge on any atom is -0.396 e. The number of hydrogen-bond acceptors (Lipinski definition) is 3. The maximum Gasteiger partial charge on any atom is 0.0780 e. The molecular formula is C14H30O3. The minimum atomic E-state index is 0.130. The molecule has 1 N–H and O–H groups in total. The van der Waals surface area contributed by atoms with Crippen LogP contribution >= 0.6 is 0 Å². The maximum atomic E-state index is 8.63. The highest BCUT2D eigenvalue weighted by molar-refractivity contribution is 4.57. The molecule has 0 unspecified atom stereocenters. The van der Waals surface area contributed by atoms with Crippen LogP contribution in [-0.2, 0) is 9.47 Å². The molecule has 0 bridgehead atoms. The SMILES string of the molecule is CCCC[C@@H](CC)COC[C@H](C)OCCCO. The van der Waals surface area contributed by atoms with Crippen LogP contribution in [0.3, 0.4) is 0 Å². The molecule has 17 heavy (non-hydrogen) atoms. The molecule has 3 heteroatoms. The van der Waals surface area contributed by atoms with Gasteiger partial charge in [0.05, 0.1) is 12.7 Å². The first kappa shape index (κ1) is 16.9. The fraction of sp³-hybridized carbons (Fsp3) is 1.00. The second-order valence-corrected chi connectivity index (χ2v) is 4.71. The normalized spacial score (nSPS) is 14.8. The van der Waals surface area contributed by atoms with Crippen LogP contribution in [0.4, 0.5) is 0 Å². The van der Waals surface area contributed by atoms with Gasteiger partial charge in [-0.05, 0) is 25.7 Å². The van der Waals surface area contributed by atoms with Crippen molar-refractivity contribution in [1.82, 2.24) is 0 Å². The summed E-state index contributed by atoms with van der Waals surface area (Å²) < 4.78 is 11.2. The second-order valence-electron chi connectivity index (χ2n) is 4.71. The van der Waals surface area contributed by atoms with Gasteiger partial charge in [0.2, 0.25) is 0 Å². The molecule has 0 aliphatic rings. The fourth-order valence-corrected chi connectivity index (χ4v) is 1.70. The fourth-order valence-electron chi connectivity index (χ4n) is 1.70. The molecule has 0 aromatic rings. The Morgan fingerprint density at radius 3 is 2.47 bits per heavy atom. The third kappa shape index (κ3) is 10.7. The van der Waals surface area contributed by atoms with Gasteiger partial charge in [-0.2, -0.15) is 0 Å². The third-order valence-electron chi connectivity index (χ3n) is 2.95. The van der Waals surface area contributed by atoms with E-state index in [0.717, 1.165) is 6.61 Å². The van der Waals surface area contributed by atoms with Crippen LogP contribution in [0.25, 0.3) is 0 Å². The van der Waals surface area contributed by atoms with Crippen molar-refractivity contribution in [3.63, 3.8) is 0 Å². The molecule has 0 heterocycles. The lowest BCUT2D eigenvalue weighted by molar-refractivity contribution is -0.0200. The van der Waals surface area contributed by atoms with Crippen molar-refractivity contribution < 1.29 is 14.6 Å². The van der Waals surface area contributed by atoms with Gasteiger partial charge < -0.3 is 14.6 Å². The van der Waals surface area contributed by atoms with Crippen molar-refractivity contribution in [1.29, 1.82) is 0 Å². The Hall–Kier alpha value is -0.120. The van der Waals surface area contributed by atoms with E-state index in [1.807, 2.05) is 6.92 Å². The van der Waals surface area contributed by atoms with Crippen LogP contribution in [0.2, 0.25) is 0 Å². The summed E-state index contributed by atoms with van der Waals surface area (Å²) in [6.07, 6.45) is 5.86. The molecule has 0 rings (SSSR count). The smallest absolute Gasteiger partial charge is 0.0780 e. The van der Waals surface area contributed by atoms with E-state index in [9.17, 15) is 0 Å². The van der Waals surface area contributed by atoms with Crippen molar-refractivity contribution in [2.45, 2.75) is 59.0 Å². The first-order valence-electron chi connectivity index (χ1n) is 7.04. The van der Waals surface area contributed by atoms with E-state index in [0.29, 0.717) is 25.6 Å². The van der Waals surface area contributed by atoms with Crippen LogP contribution < -0.4 is 0 Å². The van der Waals surface area contributed by atoms with Crippen molar-refractivity contribution in [3.8, 4) is 0 Å². The first-order valence-corrected chi connectivity index (χ1v) is 7.04. The van der Waals surface area contributed by atoms with E-state index in [-0.39, 0.29) is 12.7 Å². The van der Waals surface area contributed by atoms with Crippen molar-refractivity contribution in [3.05, 3.63) is 0 Å². The highest BCUT2D eigenvalue weighted by atomic mass is 16.5. The monoisotopic (exact) mass is 246 g/mol. The molecule has 0 radical (unpaired) electrons. The molecule has 0 aromatic heterocycles. The number of hydrogen-bond donors (Lipinski definition) is 1. The molecule has 0 fully saturated rings. The zero-order valence-corrected chi connectivity index (χ0v) is 11.8. The van der Waals surface area contributed by atoms with Crippen LogP contribution in [0.5, 0.6) is 0 Å². The highest BCUT2D eigenvalue weighted by Crippen LogP contribution is 2.13. The molecule has 0 aliphatic heterocycles. The molecule has 0 saturated carbocycles. The second kappa shape index (κ2) is 12.3. The third-order valence-corrected chi connectivity index (χ3v) is 2.95. The van der Waals surface area contributed by atoms with Gasteiger partial charge in [-0.15, -0.1) is 0 Å². The van der Waals surface area contributed by atoms with Gasteiger partial charge in [-0.25, -0.2) is 0 Å². The number of aliphatic hydroxyl groups is 1. The Labute approximate surface area is 107 Å². The summed E-state index contributed by atoms with van der Waals surface area (Å²) in [6.45, 7) is 8.80. The van der Waals surface area contributed by atoms with Gasteiger partial charge in [0.15, 0.2) is 0 Å². The first-order chi connectivity index (χ1) is 8.24. The van der Waals surface area contributed by atoms with E-state index in [1.54, 1.807) is 0 Å². The summed E-state index contributed by atoms with van der Waals surface area (Å²) in [5, 5.41) is 8.63. The zero-order valence-electron chi connectivity index (χ0n) is 11.8. The Morgan fingerprint density at radius 2 is 1.88 bits per heavy atom. The van der Waals surface area contributed by atoms with Gasteiger partial charge >= 0.3 is 0 Å². The summed E-state index contributed by atoms with van der Waals surface area (Å²) in [4.78, 5) is 0. The molecular weight excluding hydrogens is 216 g/mol.